The zero-order chi connectivity index (χ0) is 28.9. The van der Waals surface area contributed by atoms with Gasteiger partial charge in [-0.15, -0.1) is 0 Å². The molecule has 14 heteroatoms. The molecule has 1 aromatic carbocycles. The van der Waals surface area contributed by atoms with Gasteiger partial charge in [-0.05, 0) is 38.0 Å². The van der Waals surface area contributed by atoms with Crippen LogP contribution in [-0.4, -0.2) is 72.9 Å². The molecule has 3 aromatic rings. The summed E-state index contributed by atoms with van der Waals surface area (Å²) in [6.07, 6.45) is -0.377. The van der Waals surface area contributed by atoms with Crippen molar-refractivity contribution in [3.05, 3.63) is 47.8 Å². The molecule has 1 amide bonds. The molecule has 1 fully saturated rings. The number of rotatable bonds is 9. The number of pyridine rings is 1. The molecule has 1 aliphatic carbocycles. The molecule has 216 valence electrons. The molecule has 0 spiro atoms. The van der Waals surface area contributed by atoms with E-state index in [2.05, 4.69) is 14.7 Å². The minimum atomic E-state index is -4.52. The van der Waals surface area contributed by atoms with E-state index in [1.54, 1.807) is 29.2 Å². The first-order valence-corrected chi connectivity index (χ1v) is 14.0. The molecule has 1 saturated carbocycles. The van der Waals surface area contributed by atoms with E-state index in [9.17, 15) is 27.0 Å². The lowest BCUT2D eigenvalue weighted by Gasteiger charge is -2.34. The number of fused-ring (bicyclic) bond motifs is 1. The molecule has 0 saturated heterocycles. The van der Waals surface area contributed by atoms with Crippen molar-refractivity contribution in [1.82, 2.24) is 19.4 Å². The summed E-state index contributed by atoms with van der Waals surface area (Å²) in [6.45, 7) is -0.177. The average Bonchev–Trinajstić information content (AvgIpc) is 3.31. The van der Waals surface area contributed by atoms with Gasteiger partial charge >= 0.3 is 18.4 Å². The predicted molar refractivity (Wildman–Crippen MR) is 139 cm³/mol. The number of para-hydroxylation sites is 2. The van der Waals surface area contributed by atoms with Gasteiger partial charge in [-0.3, -0.25) is 9.19 Å². The van der Waals surface area contributed by atoms with Crippen molar-refractivity contribution in [3.63, 3.8) is 0 Å². The Bertz CT molecular complexity index is 1390. The van der Waals surface area contributed by atoms with Crippen LogP contribution in [0.1, 0.15) is 43.4 Å². The van der Waals surface area contributed by atoms with Gasteiger partial charge in [-0.2, -0.15) is 13.2 Å². The second-order valence-corrected chi connectivity index (χ2v) is 10.7. The van der Waals surface area contributed by atoms with Crippen molar-refractivity contribution in [1.29, 1.82) is 0 Å². The molecule has 1 atom stereocenters. The van der Waals surface area contributed by atoms with E-state index >= 15 is 0 Å². The van der Waals surface area contributed by atoms with Gasteiger partial charge in [0.2, 0.25) is 5.16 Å². The smallest absolute Gasteiger partial charge is 0.484 e. The number of aromatic nitrogens is 3. The lowest BCUT2D eigenvalue weighted by atomic mass is 9.94. The largest absolute Gasteiger partial charge is 0.505 e. The molecule has 4 rings (SSSR count). The van der Waals surface area contributed by atoms with Gasteiger partial charge in [-0.1, -0.05) is 31.4 Å². The summed E-state index contributed by atoms with van der Waals surface area (Å²) < 4.78 is 62.5. The highest BCUT2D eigenvalue weighted by molar-refractivity contribution is 7.84. The summed E-state index contributed by atoms with van der Waals surface area (Å²) in [6, 6.07) is 7.41. The second-order valence-electron chi connectivity index (χ2n) is 9.38. The molecule has 1 N–H and O–H groups in total. The van der Waals surface area contributed by atoms with Crippen molar-refractivity contribution < 1.29 is 41.5 Å². The normalized spacial score (nSPS) is 15.1. The number of benzene rings is 1. The number of ether oxygens (including phenoxy) is 2. The SMILES string of the molecule is Cc1c(OCC(F)(F)F)ccnc1CS(=O)c1nc2ccccc2n1C(=O)N(CCOC(=O)O)C1CCCCC1. The van der Waals surface area contributed by atoms with Crippen LogP contribution in [-0.2, 0) is 21.3 Å². The van der Waals surface area contributed by atoms with Gasteiger partial charge in [0.1, 0.15) is 12.4 Å². The Hall–Kier alpha value is -3.68. The van der Waals surface area contributed by atoms with E-state index in [1.165, 1.54) is 23.8 Å². The molecule has 40 heavy (non-hydrogen) atoms. The van der Waals surface area contributed by atoms with E-state index in [0.29, 0.717) is 16.6 Å². The standard InChI is InChI=1S/C26H29F3N4O6S/c1-17-20(30-12-11-22(17)39-16-26(27,28)29)15-40(37)23-31-19-9-5-6-10-21(19)33(23)24(34)32(13-14-38-25(35)36)18-7-3-2-4-8-18/h5-6,9-12,18H,2-4,7-8,13-16H2,1H3,(H,35,36). The van der Waals surface area contributed by atoms with Crippen LogP contribution in [0.4, 0.5) is 22.8 Å². The van der Waals surface area contributed by atoms with Gasteiger partial charge in [0.25, 0.3) is 0 Å². The van der Waals surface area contributed by atoms with Crippen molar-refractivity contribution in [3.8, 4) is 5.75 Å². The Morgan fingerprint density at radius 3 is 2.60 bits per heavy atom. The number of amides is 1. The molecule has 10 nitrogen and oxygen atoms in total. The molecule has 1 unspecified atom stereocenters. The maximum absolute atomic E-state index is 14.0. The Morgan fingerprint density at radius 2 is 1.90 bits per heavy atom. The number of alkyl halides is 3. The minimum Gasteiger partial charge on any atom is -0.484 e. The number of carbonyl (C=O) groups excluding carboxylic acids is 1. The Kier molecular flexibility index (Phi) is 9.28. The summed E-state index contributed by atoms with van der Waals surface area (Å²) >= 11 is 0. The van der Waals surface area contributed by atoms with Crippen LogP contribution in [0.3, 0.4) is 0 Å². The zero-order valence-electron chi connectivity index (χ0n) is 21.7. The molecular weight excluding hydrogens is 553 g/mol. The number of hydrogen-bond donors (Lipinski definition) is 1. The topological polar surface area (TPSA) is 124 Å². The summed E-state index contributed by atoms with van der Waals surface area (Å²) in [5.74, 6) is -0.261. The van der Waals surface area contributed by atoms with Crippen molar-refractivity contribution in [2.75, 3.05) is 19.8 Å². The summed E-state index contributed by atoms with van der Waals surface area (Å²) in [5.41, 5.74) is 1.38. The average molecular weight is 583 g/mol. The summed E-state index contributed by atoms with van der Waals surface area (Å²) in [4.78, 5) is 35.2. The predicted octanol–water partition coefficient (Wildman–Crippen LogP) is 5.29. The molecule has 2 heterocycles. The molecule has 2 aromatic heterocycles. The zero-order valence-corrected chi connectivity index (χ0v) is 22.5. The fraction of sp³-hybridized carbons (Fsp3) is 0.462. The third-order valence-electron chi connectivity index (χ3n) is 6.66. The van der Waals surface area contributed by atoms with Gasteiger partial charge < -0.3 is 19.5 Å². The molecule has 0 radical (unpaired) electrons. The van der Waals surface area contributed by atoms with Crippen LogP contribution >= 0.6 is 0 Å². The maximum Gasteiger partial charge on any atom is 0.505 e. The maximum atomic E-state index is 14.0. The number of carboxylic acid groups (broad SMARTS) is 1. The highest BCUT2D eigenvalue weighted by Crippen LogP contribution is 2.28. The van der Waals surface area contributed by atoms with Crippen LogP contribution < -0.4 is 4.74 Å². The number of imidazole rings is 1. The summed E-state index contributed by atoms with van der Waals surface area (Å²) in [5, 5.41) is 8.87. The Balaban J connectivity index is 1.67. The van der Waals surface area contributed by atoms with Crippen LogP contribution in [0.15, 0.2) is 41.7 Å². The van der Waals surface area contributed by atoms with Crippen LogP contribution in [0.2, 0.25) is 0 Å². The van der Waals surface area contributed by atoms with Crippen LogP contribution in [0.25, 0.3) is 11.0 Å². The Labute approximate surface area is 230 Å². The first kappa shape index (κ1) is 29.3. The number of carbonyl (C=O) groups is 2. The first-order chi connectivity index (χ1) is 19.0. The fourth-order valence-corrected chi connectivity index (χ4v) is 5.99. The van der Waals surface area contributed by atoms with E-state index < -0.39 is 35.8 Å². The summed E-state index contributed by atoms with van der Waals surface area (Å²) in [7, 11) is -1.93. The lowest BCUT2D eigenvalue weighted by molar-refractivity contribution is -0.153. The van der Waals surface area contributed by atoms with Crippen molar-refractivity contribution in [2.24, 2.45) is 0 Å². The van der Waals surface area contributed by atoms with E-state index in [4.69, 9.17) is 9.84 Å². The third kappa shape index (κ3) is 7.09. The van der Waals surface area contributed by atoms with Crippen molar-refractivity contribution >= 4 is 34.0 Å². The van der Waals surface area contributed by atoms with E-state index in [1.807, 2.05) is 0 Å². The van der Waals surface area contributed by atoms with Gasteiger partial charge in [0, 0.05) is 17.8 Å². The lowest BCUT2D eigenvalue weighted by Crippen LogP contribution is -2.46. The van der Waals surface area contributed by atoms with Crippen LogP contribution in [0.5, 0.6) is 5.75 Å². The molecular formula is C26H29F3N4O6S. The van der Waals surface area contributed by atoms with E-state index in [-0.39, 0.29) is 41.5 Å². The highest BCUT2D eigenvalue weighted by Gasteiger charge is 2.32. The van der Waals surface area contributed by atoms with E-state index in [0.717, 1.165) is 32.1 Å². The van der Waals surface area contributed by atoms with Crippen LogP contribution in [0, 0.1) is 6.92 Å². The Morgan fingerprint density at radius 1 is 1.18 bits per heavy atom. The minimum absolute atomic E-state index is 0.00757. The number of hydrogen-bond acceptors (Lipinski definition) is 7. The molecule has 0 aliphatic heterocycles. The van der Waals surface area contributed by atoms with Gasteiger partial charge in [0.05, 0.1) is 39.8 Å². The van der Waals surface area contributed by atoms with Gasteiger partial charge in [0.15, 0.2) is 6.61 Å². The molecule has 0 bridgehead atoms. The van der Waals surface area contributed by atoms with Gasteiger partial charge in [-0.25, -0.2) is 19.1 Å². The highest BCUT2D eigenvalue weighted by atomic mass is 32.2. The molecule has 1 aliphatic rings. The second kappa shape index (κ2) is 12.7. The third-order valence-corrected chi connectivity index (χ3v) is 7.88. The number of halogens is 3. The monoisotopic (exact) mass is 582 g/mol. The number of nitrogens with zero attached hydrogens (tertiary/aromatic N) is 4. The van der Waals surface area contributed by atoms with Crippen molar-refractivity contribution in [2.45, 2.75) is 62.2 Å². The quantitative estimate of drug-likeness (QED) is 0.338. The first-order valence-electron chi connectivity index (χ1n) is 12.7. The fourth-order valence-electron chi connectivity index (χ4n) is 4.74.